The van der Waals surface area contributed by atoms with Gasteiger partial charge in [-0.2, -0.15) is 0 Å². The molecule has 2 N–H and O–H groups in total. The molecule has 0 spiro atoms. The molecule has 2 nitrogen and oxygen atoms in total. The van der Waals surface area contributed by atoms with Crippen molar-refractivity contribution in [2.24, 2.45) is 5.92 Å². The van der Waals surface area contributed by atoms with Crippen LogP contribution in [0.3, 0.4) is 0 Å². The van der Waals surface area contributed by atoms with E-state index in [1.807, 2.05) is 0 Å². The zero-order valence-electron chi connectivity index (χ0n) is 19.0. The first-order valence-corrected chi connectivity index (χ1v) is 16.4. The normalized spacial score (nSPS) is 24.7. The van der Waals surface area contributed by atoms with Crippen molar-refractivity contribution in [1.29, 1.82) is 0 Å². The average molecular weight is 391 g/mol. The Morgan fingerprint density at radius 3 is 1.27 bits per heavy atom. The van der Waals surface area contributed by atoms with Crippen LogP contribution in [0.4, 0.5) is 0 Å². The van der Waals surface area contributed by atoms with Crippen LogP contribution >= 0.6 is 0 Å². The van der Waals surface area contributed by atoms with E-state index < -0.39 is 16.5 Å². The maximum atomic E-state index is 4.06. The molecule has 0 heterocycles. The fourth-order valence-corrected chi connectivity index (χ4v) is 15.5. The number of benzene rings is 1. The third kappa shape index (κ3) is 4.70. The fraction of sp³-hybridized carbons (Fsp3) is 0.727. The highest BCUT2D eigenvalue weighted by molar-refractivity contribution is 6.79. The largest absolute Gasteiger partial charge is 0.332 e. The SMILES string of the molecule is CC1C([Si](C)(C)NC(C)(C)C)c2ccccc2C1[Si](C)(C)NC(C)(C)C. The summed E-state index contributed by atoms with van der Waals surface area (Å²) >= 11 is 0. The third-order valence-corrected chi connectivity index (χ3v) is 13.2. The Hall–Kier alpha value is -0.426. The predicted molar refractivity (Wildman–Crippen MR) is 122 cm³/mol. The number of nitrogens with one attached hydrogen (secondary N) is 2. The minimum Gasteiger partial charge on any atom is -0.332 e. The molecule has 1 aromatic rings. The Balaban J connectivity index is 2.50. The molecule has 148 valence electrons. The summed E-state index contributed by atoms with van der Waals surface area (Å²) < 4.78 is 0. The van der Waals surface area contributed by atoms with E-state index in [0.29, 0.717) is 17.0 Å². The summed E-state index contributed by atoms with van der Waals surface area (Å²) in [6.45, 7) is 26.5. The molecule has 2 atom stereocenters. The quantitative estimate of drug-likeness (QED) is 0.638. The van der Waals surface area contributed by atoms with Gasteiger partial charge in [0.05, 0.1) is 0 Å². The summed E-state index contributed by atoms with van der Waals surface area (Å²) in [5.41, 5.74) is 4.90. The number of hydrogen-bond donors (Lipinski definition) is 2. The lowest BCUT2D eigenvalue weighted by atomic mass is 10.1. The standard InChI is InChI=1S/C22H42N2Si2/c1-16-19(25(8,9)23-21(2,3)4)17-14-12-13-15-18(17)20(16)26(10,11)24-22(5,6)7/h12-16,19-20,23-24H,1-11H3. The highest BCUT2D eigenvalue weighted by Crippen LogP contribution is 2.53. The first kappa shape index (κ1) is 21.9. The Labute approximate surface area is 164 Å². The molecule has 0 saturated heterocycles. The van der Waals surface area contributed by atoms with Crippen molar-refractivity contribution < 1.29 is 0 Å². The second-order valence-corrected chi connectivity index (χ2v) is 20.3. The van der Waals surface area contributed by atoms with Gasteiger partial charge in [-0.3, -0.25) is 0 Å². The first-order valence-electron chi connectivity index (χ1n) is 10.2. The van der Waals surface area contributed by atoms with E-state index in [0.717, 1.165) is 0 Å². The molecule has 1 aliphatic rings. The molecule has 0 bridgehead atoms. The van der Waals surface area contributed by atoms with E-state index in [-0.39, 0.29) is 11.1 Å². The van der Waals surface area contributed by atoms with Crippen molar-refractivity contribution in [3.05, 3.63) is 35.4 Å². The second kappa shape index (κ2) is 6.87. The second-order valence-electron chi connectivity index (χ2n) is 11.6. The Bertz CT molecular complexity index is 583. The number of hydrogen-bond acceptors (Lipinski definition) is 2. The van der Waals surface area contributed by atoms with Crippen molar-refractivity contribution in [2.75, 3.05) is 0 Å². The van der Waals surface area contributed by atoms with Gasteiger partial charge in [-0.25, -0.2) is 0 Å². The van der Waals surface area contributed by atoms with Crippen molar-refractivity contribution in [2.45, 2.75) is 96.8 Å². The van der Waals surface area contributed by atoms with Crippen molar-refractivity contribution in [3.63, 3.8) is 0 Å². The lowest BCUT2D eigenvalue weighted by Crippen LogP contribution is -2.61. The zero-order valence-corrected chi connectivity index (χ0v) is 21.0. The molecule has 4 heteroatoms. The average Bonchev–Trinajstić information content (AvgIpc) is 2.65. The summed E-state index contributed by atoms with van der Waals surface area (Å²) in [5.74, 6) is 0.681. The van der Waals surface area contributed by atoms with Gasteiger partial charge in [-0.1, -0.05) is 57.4 Å². The van der Waals surface area contributed by atoms with E-state index >= 15 is 0 Å². The minimum atomic E-state index is -1.65. The lowest BCUT2D eigenvalue weighted by Gasteiger charge is -2.43. The molecule has 0 aromatic heterocycles. The molecule has 26 heavy (non-hydrogen) atoms. The Morgan fingerprint density at radius 1 is 0.692 bits per heavy atom. The molecule has 1 aliphatic carbocycles. The molecule has 2 unspecified atom stereocenters. The van der Waals surface area contributed by atoms with Crippen LogP contribution in [0.15, 0.2) is 24.3 Å². The Morgan fingerprint density at radius 2 is 1.00 bits per heavy atom. The lowest BCUT2D eigenvalue weighted by molar-refractivity contribution is 0.471. The topological polar surface area (TPSA) is 24.1 Å². The van der Waals surface area contributed by atoms with Gasteiger partial charge >= 0.3 is 0 Å². The Kier molecular flexibility index (Phi) is 5.78. The summed E-state index contributed by atoms with van der Waals surface area (Å²) in [6.07, 6.45) is 0. The molecule has 0 amide bonds. The van der Waals surface area contributed by atoms with Gasteiger partial charge in [0.1, 0.15) is 16.5 Å². The van der Waals surface area contributed by atoms with Crippen LogP contribution in [0.25, 0.3) is 0 Å². The molecular weight excluding hydrogens is 348 g/mol. The van der Waals surface area contributed by atoms with Gasteiger partial charge in [0, 0.05) is 11.1 Å². The summed E-state index contributed by atoms with van der Waals surface area (Å²) in [6, 6.07) is 9.32. The van der Waals surface area contributed by atoms with Gasteiger partial charge < -0.3 is 9.96 Å². The van der Waals surface area contributed by atoms with E-state index in [1.54, 1.807) is 11.1 Å². The van der Waals surface area contributed by atoms with Crippen LogP contribution in [0.1, 0.15) is 70.7 Å². The highest BCUT2D eigenvalue weighted by atomic mass is 28.3. The van der Waals surface area contributed by atoms with Crippen LogP contribution in [0, 0.1) is 5.92 Å². The predicted octanol–water partition coefficient (Wildman–Crippen LogP) is 5.77. The van der Waals surface area contributed by atoms with Gasteiger partial charge in [-0.15, -0.1) is 0 Å². The van der Waals surface area contributed by atoms with Crippen LogP contribution < -0.4 is 9.96 Å². The van der Waals surface area contributed by atoms with Gasteiger partial charge in [-0.05, 0) is 69.7 Å². The van der Waals surface area contributed by atoms with Crippen LogP contribution in [0.2, 0.25) is 26.2 Å². The molecule has 1 aromatic carbocycles. The van der Waals surface area contributed by atoms with E-state index in [1.165, 1.54) is 0 Å². The van der Waals surface area contributed by atoms with E-state index in [4.69, 9.17) is 0 Å². The third-order valence-electron chi connectivity index (χ3n) is 5.67. The van der Waals surface area contributed by atoms with Crippen molar-refractivity contribution in [1.82, 2.24) is 9.96 Å². The minimum absolute atomic E-state index is 0.166. The monoisotopic (exact) mass is 390 g/mol. The fourth-order valence-electron chi connectivity index (χ4n) is 6.02. The van der Waals surface area contributed by atoms with Gasteiger partial charge in [0.25, 0.3) is 0 Å². The smallest absolute Gasteiger partial charge is 0.127 e. The molecule has 2 rings (SSSR count). The van der Waals surface area contributed by atoms with Crippen LogP contribution in [0.5, 0.6) is 0 Å². The van der Waals surface area contributed by atoms with E-state index in [9.17, 15) is 0 Å². The number of fused-ring (bicyclic) bond motifs is 1. The van der Waals surface area contributed by atoms with Crippen molar-refractivity contribution >= 4 is 16.5 Å². The summed E-state index contributed by atoms with van der Waals surface area (Å²) in [5, 5.41) is 0. The highest BCUT2D eigenvalue weighted by Gasteiger charge is 2.52. The maximum Gasteiger partial charge on any atom is 0.127 e. The van der Waals surface area contributed by atoms with Crippen LogP contribution in [-0.2, 0) is 0 Å². The van der Waals surface area contributed by atoms with Crippen molar-refractivity contribution in [3.8, 4) is 0 Å². The maximum absolute atomic E-state index is 4.06. The molecule has 0 saturated carbocycles. The zero-order chi connectivity index (χ0) is 20.1. The summed E-state index contributed by atoms with van der Waals surface area (Å²) in [4.78, 5) is 8.13. The molecule has 0 radical (unpaired) electrons. The molecular formula is C22H42N2Si2. The molecule has 0 fully saturated rings. The van der Waals surface area contributed by atoms with Gasteiger partial charge in [0.2, 0.25) is 0 Å². The van der Waals surface area contributed by atoms with Gasteiger partial charge in [0.15, 0.2) is 0 Å². The van der Waals surface area contributed by atoms with Crippen LogP contribution in [-0.4, -0.2) is 27.5 Å². The first-order chi connectivity index (χ1) is 11.6. The van der Waals surface area contributed by atoms with E-state index in [2.05, 4.69) is 109 Å². The molecule has 0 aliphatic heterocycles. The number of rotatable bonds is 4. The summed E-state index contributed by atoms with van der Waals surface area (Å²) in [7, 11) is -3.31.